The minimum Gasteiger partial charge on any atom is -0.409 e. The standard InChI is InChI=1S/C11H22O4Si/c1-11(2,3)16(4,5)15-8-6-7-9-12-10(8)14-13-9/h8-10H,6-7H2,1-5H3/t8-,9+,10-/m0/s1. The molecule has 4 nitrogen and oxygen atoms in total. The molecular formula is C11H22O4Si. The summed E-state index contributed by atoms with van der Waals surface area (Å²) >= 11 is 0. The Morgan fingerprint density at radius 3 is 2.44 bits per heavy atom. The number of ether oxygens (including phenoxy) is 1. The largest absolute Gasteiger partial charge is 0.409 e. The van der Waals surface area contributed by atoms with Gasteiger partial charge in [-0.1, -0.05) is 20.8 Å². The van der Waals surface area contributed by atoms with E-state index in [1.807, 2.05) is 0 Å². The van der Waals surface area contributed by atoms with Gasteiger partial charge in [-0.3, -0.25) is 0 Å². The lowest BCUT2D eigenvalue weighted by molar-refractivity contribution is -0.298. The summed E-state index contributed by atoms with van der Waals surface area (Å²) in [5, 5.41) is 0.212. The highest BCUT2D eigenvalue weighted by atomic mass is 28.4. The Kier molecular flexibility index (Phi) is 3.18. The van der Waals surface area contributed by atoms with E-state index in [0.29, 0.717) is 0 Å². The van der Waals surface area contributed by atoms with Gasteiger partial charge in [0.2, 0.25) is 6.29 Å². The van der Waals surface area contributed by atoms with Gasteiger partial charge in [0.25, 0.3) is 0 Å². The van der Waals surface area contributed by atoms with E-state index in [4.69, 9.17) is 18.9 Å². The van der Waals surface area contributed by atoms with Crippen LogP contribution in [0.15, 0.2) is 0 Å². The first-order chi connectivity index (χ1) is 7.29. The third-order valence-electron chi connectivity index (χ3n) is 3.79. The summed E-state index contributed by atoms with van der Waals surface area (Å²) in [6, 6.07) is 0. The molecule has 2 heterocycles. The van der Waals surface area contributed by atoms with Crippen LogP contribution in [0.5, 0.6) is 0 Å². The molecule has 0 N–H and O–H groups in total. The van der Waals surface area contributed by atoms with Crippen molar-refractivity contribution in [3.8, 4) is 0 Å². The zero-order valence-corrected chi connectivity index (χ0v) is 11.8. The van der Waals surface area contributed by atoms with Gasteiger partial charge in [0.15, 0.2) is 14.6 Å². The van der Waals surface area contributed by atoms with Crippen molar-refractivity contribution in [2.45, 2.75) is 70.4 Å². The van der Waals surface area contributed by atoms with Gasteiger partial charge in [-0.2, -0.15) is 4.89 Å². The second kappa shape index (κ2) is 4.06. The maximum absolute atomic E-state index is 6.28. The van der Waals surface area contributed by atoms with Crippen molar-refractivity contribution < 1.29 is 18.9 Å². The SMILES string of the molecule is CC(C)(C)[Si](C)(C)O[C@H]1CC[C@H]2OO[C@@H]1O2. The van der Waals surface area contributed by atoms with E-state index in [1.165, 1.54) is 0 Å². The van der Waals surface area contributed by atoms with Crippen LogP contribution in [0.25, 0.3) is 0 Å². The molecule has 2 fully saturated rings. The van der Waals surface area contributed by atoms with Crippen LogP contribution in [-0.2, 0) is 18.9 Å². The number of hydrogen-bond acceptors (Lipinski definition) is 4. The summed E-state index contributed by atoms with van der Waals surface area (Å²) in [6.45, 7) is 11.2. The average Bonchev–Trinajstić information content (AvgIpc) is 2.52. The molecule has 0 amide bonds. The van der Waals surface area contributed by atoms with Crippen LogP contribution in [0.1, 0.15) is 33.6 Å². The zero-order valence-electron chi connectivity index (χ0n) is 10.8. The quantitative estimate of drug-likeness (QED) is 0.554. The number of hydrogen-bond donors (Lipinski definition) is 0. The molecule has 3 atom stereocenters. The van der Waals surface area contributed by atoms with Gasteiger partial charge in [0, 0.05) is 6.42 Å². The Morgan fingerprint density at radius 2 is 1.81 bits per heavy atom. The van der Waals surface area contributed by atoms with Crippen molar-refractivity contribution >= 4 is 8.32 Å². The fraction of sp³-hybridized carbons (Fsp3) is 1.00. The molecule has 5 heteroatoms. The highest BCUT2D eigenvalue weighted by molar-refractivity contribution is 6.74. The fourth-order valence-electron chi connectivity index (χ4n) is 1.68. The number of rotatable bonds is 2. The summed E-state index contributed by atoms with van der Waals surface area (Å²) in [5.74, 6) is 0. The van der Waals surface area contributed by atoms with Gasteiger partial charge >= 0.3 is 0 Å². The normalized spacial score (nSPS) is 35.4. The third kappa shape index (κ3) is 2.33. The summed E-state index contributed by atoms with van der Waals surface area (Å²) in [4.78, 5) is 10.1. The van der Waals surface area contributed by atoms with E-state index < -0.39 is 8.32 Å². The topological polar surface area (TPSA) is 36.9 Å². The number of fused-ring (bicyclic) bond motifs is 2. The van der Waals surface area contributed by atoms with Gasteiger partial charge in [0.05, 0.1) is 6.10 Å². The van der Waals surface area contributed by atoms with E-state index >= 15 is 0 Å². The fourth-order valence-corrected chi connectivity index (χ4v) is 3.02. The average molecular weight is 246 g/mol. The third-order valence-corrected chi connectivity index (χ3v) is 8.29. The Hall–Kier alpha value is 0.0569. The zero-order chi connectivity index (χ0) is 12.0. The van der Waals surface area contributed by atoms with Crippen molar-refractivity contribution in [2.24, 2.45) is 0 Å². The molecule has 2 rings (SSSR count). The molecule has 2 saturated heterocycles. The highest BCUT2D eigenvalue weighted by Crippen LogP contribution is 2.40. The molecule has 94 valence electrons. The van der Waals surface area contributed by atoms with Crippen molar-refractivity contribution in [2.75, 3.05) is 0 Å². The van der Waals surface area contributed by atoms with Crippen LogP contribution in [0, 0.1) is 0 Å². The van der Waals surface area contributed by atoms with Gasteiger partial charge < -0.3 is 9.16 Å². The maximum Gasteiger partial charge on any atom is 0.219 e. The Labute approximate surface area is 98.3 Å². The summed E-state index contributed by atoms with van der Waals surface area (Å²) in [5.41, 5.74) is 0. The first kappa shape index (κ1) is 12.5. The van der Waals surface area contributed by atoms with Crippen LogP contribution in [0.2, 0.25) is 18.1 Å². The van der Waals surface area contributed by atoms with E-state index in [-0.39, 0.29) is 23.7 Å². The minimum atomic E-state index is -1.75. The molecule has 0 aliphatic carbocycles. The Balaban J connectivity index is 1.99. The van der Waals surface area contributed by atoms with Gasteiger partial charge in [0.1, 0.15) is 0 Å². The van der Waals surface area contributed by atoms with Gasteiger partial charge in [-0.15, -0.1) is 0 Å². The lowest BCUT2D eigenvalue weighted by atomic mass is 10.1. The molecule has 0 unspecified atom stereocenters. The summed E-state index contributed by atoms with van der Waals surface area (Å²) < 4.78 is 11.8. The van der Waals surface area contributed by atoms with Crippen molar-refractivity contribution in [3.63, 3.8) is 0 Å². The first-order valence-corrected chi connectivity index (χ1v) is 8.86. The minimum absolute atomic E-state index is 0.0274. The van der Waals surface area contributed by atoms with Crippen LogP contribution in [-0.4, -0.2) is 27.0 Å². The van der Waals surface area contributed by atoms with Crippen LogP contribution in [0.4, 0.5) is 0 Å². The second-order valence-corrected chi connectivity index (χ2v) is 10.9. The molecule has 0 radical (unpaired) electrons. The molecule has 0 aromatic carbocycles. The first-order valence-electron chi connectivity index (χ1n) is 5.95. The van der Waals surface area contributed by atoms with Crippen molar-refractivity contribution in [1.29, 1.82) is 0 Å². The molecule has 2 aliphatic rings. The predicted molar refractivity (Wildman–Crippen MR) is 62.1 cm³/mol. The predicted octanol–water partition coefficient (Wildman–Crippen LogP) is 2.80. The lowest BCUT2D eigenvalue weighted by Gasteiger charge is -2.40. The molecule has 16 heavy (non-hydrogen) atoms. The highest BCUT2D eigenvalue weighted by Gasteiger charge is 2.46. The van der Waals surface area contributed by atoms with E-state index in [0.717, 1.165) is 12.8 Å². The lowest BCUT2D eigenvalue weighted by Crippen LogP contribution is -2.48. The van der Waals surface area contributed by atoms with Gasteiger partial charge in [-0.05, 0) is 24.6 Å². The molecule has 0 spiro atoms. The summed E-state index contributed by atoms with van der Waals surface area (Å²) in [6.07, 6.45) is 1.34. The maximum atomic E-state index is 6.28. The molecule has 2 aliphatic heterocycles. The van der Waals surface area contributed by atoms with E-state index in [9.17, 15) is 0 Å². The van der Waals surface area contributed by atoms with Crippen molar-refractivity contribution in [3.05, 3.63) is 0 Å². The molecule has 0 saturated carbocycles. The molecular weight excluding hydrogens is 224 g/mol. The van der Waals surface area contributed by atoms with Crippen LogP contribution in [0.3, 0.4) is 0 Å². The molecule has 2 bridgehead atoms. The smallest absolute Gasteiger partial charge is 0.219 e. The van der Waals surface area contributed by atoms with Gasteiger partial charge in [-0.25, -0.2) is 4.89 Å². The van der Waals surface area contributed by atoms with E-state index in [2.05, 4.69) is 33.9 Å². The van der Waals surface area contributed by atoms with E-state index in [1.54, 1.807) is 0 Å². The molecule has 0 aromatic rings. The summed E-state index contributed by atoms with van der Waals surface area (Å²) in [7, 11) is -1.75. The van der Waals surface area contributed by atoms with Crippen molar-refractivity contribution in [1.82, 2.24) is 0 Å². The Morgan fingerprint density at radius 1 is 1.12 bits per heavy atom. The monoisotopic (exact) mass is 246 g/mol. The van der Waals surface area contributed by atoms with Crippen LogP contribution >= 0.6 is 0 Å². The Bertz CT molecular complexity index is 261. The molecule has 0 aromatic heterocycles. The second-order valence-electron chi connectivity index (χ2n) is 6.12. The van der Waals surface area contributed by atoms with Crippen LogP contribution < -0.4 is 0 Å².